The Morgan fingerprint density at radius 1 is 0.833 bits per heavy atom. The first-order chi connectivity index (χ1) is 8.79. The van der Waals surface area contributed by atoms with E-state index in [1.165, 1.54) is 23.1 Å². The summed E-state index contributed by atoms with van der Waals surface area (Å²) in [5.41, 5.74) is 3.92. The van der Waals surface area contributed by atoms with Gasteiger partial charge >= 0.3 is 0 Å². The summed E-state index contributed by atoms with van der Waals surface area (Å²) in [7, 11) is 0. The average molecular weight is 236 g/mol. The Hall–Kier alpha value is -1.82. The number of hydrogen-bond donors (Lipinski definition) is 0. The molecule has 0 aromatic heterocycles. The zero-order valence-electron chi connectivity index (χ0n) is 11.1. The maximum absolute atomic E-state index is 2.27. The summed E-state index contributed by atoms with van der Waals surface area (Å²) < 4.78 is 0. The van der Waals surface area contributed by atoms with Crippen LogP contribution in [0.15, 0.2) is 54.6 Å². The van der Waals surface area contributed by atoms with Crippen LogP contribution in [-0.2, 0) is 0 Å². The fourth-order valence-corrected chi connectivity index (χ4v) is 1.93. The summed E-state index contributed by atoms with van der Waals surface area (Å²) in [6.45, 7) is 4.50. The minimum absolute atomic E-state index is 0.650. The summed E-state index contributed by atoms with van der Waals surface area (Å²) in [4.78, 5) is 0. The van der Waals surface area contributed by atoms with Crippen molar-refractivity contribution in [2.24, 2.45) is 0 Å². The fraction of sp³-hybridized carbons (Fsp3) is 0.222. The highest BCUT2D eigenvalue weighted by atomic mass is 14.1. The smallest absolute Gasteiger partial charge is 0.0193 e. The largest absolute Gasteiger partial charge is 0.0648 e. The molecule has 0 aliphatic rings. The molecule has 0 heteroatoms. The summed E-state index contributed by atoms with van der Waals surface area (Å²) in [5.74, 6) is 0.650. The quantitative estimate of drug-likeness (QED) is 0.626. The van der Waals surface area contributed by atoms with E-state index in [1.807, 2.05) is 6.07 Å². The maximum atomic E-state index is 2.27. The average Bonchev–Trinajstić information content (AvgIpc) is 2.46. The monoisotopic (exact) mass is 236 g/mol. The molecule has 0 spiro atoms. The maximum Gasteiger partial charge on any atom is -0.0193 e. The van der Waals surface area contributed by atoms with E-state index in [2.05, 4.69) is 74.5 Å². The molecular weight excluding hydrogens is 216 g/mol. The van der Waals surface area contributed by atoms with Crippen LogP contribution < -0.4 is 0 Å². The summed E-state index contributed by atoms with van der Waals surface area (Å²) >= 11 is 0. The van der Waals surface area contributed by atoms with E-state index in [1.54, 1.807) is 0 Å². The summed E-state index contributed by atoms with van der Waals surface area (Å²) in [5, 5.41) is 0. The van der Waals surface area contributed by atoms with Crippen molar-refractivity contribution in [1.82, 2.24) is 0 Å². The molecule has 0 fully saturated rings. The normalized spacial score (nSPS) is 12.8. The molecule has 0 bridgehead atoms. The molecule has 0 amide bonds. The van der Waals surface area contributed by atoms with Gasteiger partial charge in [0, 0.05) is 0 Å². The number of rotatable bonds is 4. The Morgan fingerprint density at radius 2 is 1.39 bits per heavy atom. The second-order valence-corrected chi connectivity index (χ2v) is 4.72. The molecule has 0 nitrogen and oxygen atoms in total. The van der Waals surface area contributed by atoms with Crippen molar-refractivity contribution in [3.8, 4) is 0 Å². The molecule has 0 aliphatic carbocycles. The lowest BCUT2D eigenvalue weighted by molar-refractivity contribution is 0.733. The second kappa shape index (κ2) is 6.20. The van der Waals surface area contributed by atoms with Crippen molar-refractivity contribution in [3.05, 3.63) is 71.3 Å². The lowest BCUT2D eigenvalue weighted by atomic mass is 9.97. The Balaban J connectivity index is 2.09. The minimum atomic E-state index is 0.650. The molecule has 2 aromatic carbocycles. The van der Waals surface area contributed by atoms with E-state index >= 15 is 0 Å². The molecule has 2 aromatic rings. The van der Waals surface area contributed by atoms with Crippen LogP contribution in [0.4, 0.5) is 0 Å². The Kier molecular flexibility index (Phi) is 4.35. The van der Waals surface area contributed by atoms with Crippen LogP contribution in [0.5, 0.6) is 0 Å². The highest BCUT2D eigenvalue weighted by Crippen LogP contribution is 2.19. The van der Waals surface area contributed by atoms with Crippen LogP contribution in [0.1, 0.15) is 42.9 Å². The zero-order chi connectivity index (χ0) is 12.8. The third kappa shape index (κ3) is 3.33. The lowest BCUT2D eigenvalue weighted by Gasteiger charge is -2.08. The molecular formula is C18H20. The van der Waals surface area contributed by atoms with Gasteiger partial charge in [-0.15, -0.1) is 0 Å². The van der Waals surface area contributed by atoms with Crippen LogP contribution >= 0.6 is 0 Å². The molecule has 0 N–H and O–H groups in total. The Labute approximate surface area is 110 Å². The predicted molar refractivity (Wildman–Crippen MR) is 80.5 cm³/mol. The molecule has 2 rings (SSSR count). The third-order valence-corrected chi connectivity index (χ3v) is 3.39. The van der Waals surface area contributed by atoms with Gasteiger partial charge in [0.2, 0.25) is 0 Å². The van der Waals surface area contributed by atoms with Crippen molar-refractivity contribution in [2.75, 3.05) is 0 Å². The van der Waals surface area contributed by atoms with Crippen LogP contribution in [0.25, 0.3) is 12.2 Å². The van der Waals surface area contributed by atoms with Crippen molar-refractivity contribution in [2.45, 2.75) is 26.2 Å². The third-order valence-electron chi connectivity index (χ3n) is 3.39. The van der Waals surface area contributed by atoms with Crippen molar-refractivity contribution in [3.63, 3.8) is 0 Å². The molecule has 18 heavy (non-hydrogen) atoms. The first kappa shape index (κ1) is 12.6. The molecule has 0 saturated heterocycles. The van der Waals surface area contributed by atoms with E-state index in [0.717, 1.165) is 0 Å². The minimum Gasteiger partial charge on any atom is -0.0648 e. The van der Waals surface area contributed by atoms with E-state index in [-0.39, 0.29) is 0 Å². The summed E-state index contributed by atoms with van der Waals surface area (Å²) in [6.07, 6.45) is 5.51. The molecule has 0 saturated carbocycles. The molecule has 0 heterocycles. The van der Waals surface area contributed by atoms with Crippen LogP contribution in [-0.4, -0.2) is 0 Å². The second-order valence-electron chi connectivity index (χ2n) is 4.72. The van der Waals surface area contributed by atoms with Crippen molar-refractivity contribution in [1.29, 1.82) is 0 Å². The fourth-order valence-electron chi connectivity index (χ4n) is 1.93. The van der Waals surface area contributed by atoms with Gasteiger partial charge in [0.15, 0.2) is 0 Å². The summed E-state index contributed by atoms with van der Waals surface area (Å²) in [6, 6.07) is 19.3. The van der Waals surface area contributed by atoms with Gasteiger partial charge in [0.25, 0.3) is 0 Å². The standard InChI is InChI=1S/C18H20/c1-3-15(2)18-13-11-17(12-14-18)10-9-16-7-5-4-6-8-16/h4-15H,3H2,1-2H3. The van der Waals surface area contributed by atoms with Gasteiger partial charge in [0.05, 0.1) is 0 Å². The van der Waals surface area contributed by atoms with Crippen molar-refractivity contribution >= 4 is 12.2 Å². The van der Waals surface area contributed by atoms with E-state index < -0.39 is 0 Å². The van der Waals surface area contributed by atoms with Crippen LogP contribution in [0.2, 0.25) is 0 Å². The topological polar surface area (TPSA) is 0 Å². The van der Waals surface area contributed by atoms with Crippen molar-refractivity contribution < 1.29 is 0 Å². The van der Waals surface area contributed by atoms with Gasteiger partial charge in [-0.3, -0.25) is 0 Å². The van der Waals surface area contributed by atoms with Gasteiger partial charge in [-0.25, -0.2) is 0 Å². The molecule has 0 aliphatic heterocycles. The lowest BCUT2D eigenvalue weighted by Crippen LogP contribution is -1.90. The number of benzene rings is 2. The van der Waals surface area contributed by atoms with Gasteiger partial charge in [-0.05, 0) is 29.0 Å². The van der Waals surface area contributed by atoms with Gasteiger partial charge in [0.1, 0.15) is 0 Å². The Morgan fingerprint density at radius 3 is 1.94 bits per heavy atom. The van der Waals surface area contributed by atoms with Crippen LogP contribution in [0, 0.1) is 0 Å². The highest BCUT2D eigenvalue weighted by molar-refractivity contribution is 5.69. The zero-order valence-corrected chi connectivity index (χ0v) is 11.1. The van der Waals surface area contributed by atoms with E-state index in [0.29, 0.717) is 5.92 Å². The molecule has 92 valence electrons. The first-order valence-electron chi connectivity index (χ1n) is 6.62. The van der Waals surface area contributed by atoms with Gasteiger partial charge in [-0.1, -0.05) is 80.6 Å². The van der Waals surface area contributed by atoms with Gasteiger partial charge in [-0.2, -0.15) is 0 Å². The van der Waals surface area contributed by atoms with E-state index in [4.69, 9.17) is 0 Å². The highest BCUT2D eigenvalue weighted by Gasteiger charge is 2.00. The molecule has 1 unspecified atom stereocenters. The number of hydrogen-bond acceptors (Lipinski definition) is 0. The molecule has 0 radical (unpaired) electrons. The predicted octanol–water partition coefficient (Wildman–Crippen LogP) is 5.37. The van der Waals surface area contributed by atoms with Gasteiger partial charge < -0.3 is 0 Å². The Bertz CT molecular complexity index is 491. The SMILES string of the molecule is CCC(C)c1ccc(C=Cc2ccccc2)cc1. The molecule has 1 atom stereocenters. The van der Waals surface area contributed by atoms with Crippen LogP contribution in [0.3, 0.4) is 0 Å². The first-order valence-corrected chi connectivity index (χ1v) is 6.62. The van der Waals surface area contributed by atoms with E-state index in [9.17, 15) is 0 Å².